The molecule has 2 aromatic carbocycles. The Bertz CT molecular complexity index is 1360. The number of ether oxygens (including phenoxy) is 1. The van der Waals surface area contributed by atoms with Gasteiger partial charge in [-0.3, -0.25) is 15.2 Å². The van der Waals surface area contributed by atoms with Gasteiger partial charge in [0, 0.05) is 17.4 Å². The summed E-state index contributed by atoms with van der Waals surface area (Å²) in [6, 6.07) is 9.67. The number of hydrogen-bond acceptors (Lipinski definition) is 6. The maximum absolute atomic E-state index is 12.6. The first kappa shape index (κ1) is 30.1. The van der Waals surface area contributed by atoms with Crippen molar-refractivity contribution in [2.45, 2.75) is 80.3 Å². The normalized spacial score (nSPS) is 12.7. The van der Waals surface area contributed by atoms with Gasteiger partial charge in [-0.25, -0.2) is 9.87 Å². The zero-order valence-corrected chi connectivity index (χ0v) is 24.8. The van der Waals surface area contributed by atoms with Gasteiger partial charge >= 0.3 is 0 Å². The lowest BCUT2D eigenvalue weighted by Crippen LogP contribution is -2.27. The number of carbonyl (C=O) groups is 1. The lowest BCUT2D eigenvalue weighted by atomic mass is 9.78. The summed E-state index contributed by atoms with van der Waals surface area (Å²) in [6.07, 6.45) is 1.73. The number of carbonyl (C=O) groups excluding carboxylic acids is 1. The molecule has 0 bridgehead atoms. The third-order valence-corrected chi connectivity index (χ3v) is 6.36. The number of allylic oxidation sites excluding steroid dienone is 1. The van der Waals surface area contributed by atoms with Gasteiger partial charge in [-0.2, -0.15) is 5.10 Å². The molecule has 39 heavy (non-hydrogen) atoms. The minimum Gasteiger partial charge on any atom is -0.495 e. The van der Waals surface area contributed by atoms with Gasteiger partial charge in [-0.15, -0.1) is 0 Å². The number of rotatable bonds is 8. The number of H-pyrrole nitrogens is 1. The van der Waals surface area contributed by atoms with E-state index in [0.29, 0.717) is 28.6 Å². The van der Waals surface area contributed by atoms with Crippen LogP contribution in [0.25, 0.3) is 17.5 Å². The average Bonchev–Trinajstić information content (AvgIpc) is 3.29. The topological polar surface area (TPSA) is 109 Å². The van der Waals surface area contributed by atoms with Gasteiger partial charge < -0.3 is 10.1 Å². The number of amides is 1. The van der Waals surface area contributed by atoms with E-state index < -0.39 is 11.5 Å². The highest BCUT2D eigenvalue weighted by Crippen LogP contribution is 2.37. The largest absolute Gasteiger partial charge is 0.495 e. The number of anilines is 1. The summed E-state index contributed by atoms with van der Waals surface area (Å²) in [5.41, 5.74) is 5.83. The molecule has 0 aliphatic heterocycles. The molecular weight excluding hydrogens is 492 g/mol. The molecule has 0 aliphatic carbocycles. The lowest BCUT2D eigenvalue weighted by Gasteiger charge is -2.28. The molecule has 0 spiro atoms. The van der Waals surface area contributed by atoms with Crippen molar-refractivity contribution in [2.75, 3.05) is 12.4 Å². The molecule has 1 aromatic heterocycles. The zero-order chi connectivity index (χ0) is 29.1. The van der Waals surface area contributed by atoms with E-state index >= 15 is 0 Å². The maximum atomic E-state index is 12.6. The van der Waals surface area contributed by atoms with E-state index in [1.54, 1.807) is 19.2 Å². The van der Waals surface area contributed by atoms with Crippen molar-refractivity contribution in [3.63, 3.8) is 0 Å². The Morgan fingerprint density at radius 2 is 1.82 bits per heavy atom. The number of aromatic nitrogens is 3. The molecule has 8 nitrogen and oxygen atoms in total. The molecular formula is C31H42N4O4. The van der Waals surface area contributed by atoms with Crippen LogP contribution in [0.15, 0.2) is 35.9 Å². The van der Waals surface area contributed by atoms with Crippen molar-refractivity contribution in [1.29, 1.82) is 0 Å². The summed E-state index contributed by atoms with van der Waals surface area (Å²) in [5, 5.41) is 20.4. The first-order valence-corrected chi connectivity index (χ1v) is 13.1. The molecule has 1 unspecified atom stereocenters. The van der Waals surface area contributed by atoms with Crippen molar-refractivity contribution >= 4 is 17.7 Å². The highest BCUT2D eigenvalue weighted by Gasteiger charge is 2.28. The molecule has 1 heterocycles. The second-order valence-corrected chi connectivity index (χ2v) is 12.3. The number of aryl methyl sites for hydroxylation is 1. The monoisotopic (exact) mass is 534 g/mol. The molecule has 3 aromatic rings. The summed E-state index contributed by atoms with van der Waals surface area (Å²) < 4.78 is 5.44. The molecule has 210 valence electrons. The van der Waals surface area contributed by atoms with Crippen LogP contribution in [0.1, 0.15) is 89.6 Å². The smallest absolute Gasteiger partial charge is 0.229 e. The quantitative estimate of drug-likeness (QED) is 0.207. The first-order valence-electron chi connectivity index (χ1n) is 13.1. The van der Waals surface area contributed by atoms with Crippen LogP contribution in [0.2, 0.25) is 0 Å². The molecule has 0 saturated heterocycles. The third-order valence-electron chi connectivity index (χ3n) is 6.36. The maximum Gasteiger partial charge on any atom is 0.229 e. The predicted molar refractivity (Wildman–Crippen MR) is 156 cm³/mol. The zero-order valence-electron chi connectivity index (χ0n) is 24.8. The lowest BCUT2D eigenvalue weighted by molar-refractivity contribution is -0.282. The summed E-state index contributed by atoms with van der Waals surface area (Å²) in [5.74, 6) is 1.43. The summed E-state index contributed by atoms with van der Waals surface area (Å²) in [6.45, 7) is 18.2. The Labute approximate surface area is 231 Å². The molecule has 8 heteroatoms. The highest BCUT2D eigenvalue weighted by atomic mass is 17.1. The highest BCUT2D eigenvalue weighted by molar-refractivity contribution is 5.96. The molecule has 1 amide bonds. The van der Waals surface area contributed by atoms with E-state index in [0.717, 1.165) is 27.8 Å². The van der Waals surface area contributed by atoms with Crippen molar-refractivity contribution in [1.82, 2.24) is 15.2 Å². The van der Waals surface area contributed by atoms with E-state index in [1.165, 1.54) is 0 Å². The SMILES string of the molecule is COc1ccc(-c2n[nH]c(CC(OO)c3c(C=C(C)C)cc(C)cc3C(C)(C)C)n2)cc1NC(=O)C(C)(C)C. The minimum atomic E-state index is -0.663. The van der Waals surface area contributed by atoms with Crippen LogP contribution in [-0.2, 0) is 21.5 Å². The van der Waals surface area contributed by atoms with Crippen LogP contribution >= 0.6 is 0 Å². The number of nitrogens with one attached hydrogen (secondary N) is 2. The predicted octanol–water partition coefficient (Wildman–Crippen LogP) is 7.27. The molecule has 0 aliphatic rings. The van der Waals surface area contributed by atoms with Gasteiger partial charge in [0.15, 0.2) is 5.82 Å². The fourth-order valence-corrected chi connectivity index (χ4v) is 4.37. The van der Waals surface area contributed by atoms with Crippen LogP contribution in [0.3, 0.4) is 0 Å². The molecule has 0 saturated carbocycles. The molecule has 0 fully saturated rings. The van der Waals surface area contributed by atoms with Gasteiger partial charge in [0.05, 0.1) is 12.8 Å². The van der Waals surface area contributed by atoms with Gasteiger partial charge in [0.2, 0.25) is 5.91 Å². The Balaban J connectivity index is 1.99. The van der Waals surface area contributed by atoms with Crippen molar-refractivity contribution < 1.29 is 19.7 Å². The number of nitrogens with zero attached hydrogens (tertiary/aromatic N) is 2. The van der Waals surface area contributed by atoms with E-state index in [2.05, 4.69) is 61.4 Å². The molecule has 0 radical (unpaired) electrons. The van der Waals surface area contributed by atoms with E-state index in [9.17, 15) is 10.1 Å². The van der Waals surface area contributed by atoms with Crippen LogP contribution in [0.5, 0.6) is 5.75 Å². The minimum absolute atomic E-state index is 0.128. The summed E-state index contributed by atoms with van der Waals surface area (Å²) in [4.78, 5) is 22.4. The molecule has 1 atom stereocenters. The third kappa shape index (κ3) is 7.34. The number of hydrogen-bond donors (Lipinski definition) is 3. The fraction of sp³-hybridized carbons (Fsp3) is 0.452. The Kier molecular flexibility index (Phi) is 9.03. The second-order valence-electron chi connectivity index (χ2n) is 12.3. The van der Waals surface area contributed by atoms with E-state index in [4.69, 9.17) is 14.6 Å². The number of aromatic amines is 1. The van der Waals surface area contributed by atoms with Crippen LogP contribution in [-0.4, -0.2) is 33.5 Å². The van der Waals surface area contributed by atoms with Gasteiger partial charge in [0.25, 0.3) is 0 Å². The number of methoxy groups -OCH3 is 1. The fourth-order valence-electron chi connectivity index (χ4n) is 4.37. The van der Waals surface area contributed by atoms with Gasteiger partial charge in [-0.1, -0.05) is 70.9 Å². The van der Waals surface area contributed by atoms with Gasteiger partial charge in [-0.05, 0) is 61.1 Å². The first-order chi connectivity index (χ1) is 18.1. The summed E-state index contributed by atoms with van der Waals surface area (Å²) in [7, 11) is 1.56. The van der Waals surface area contributed by atoms with Crippen LogP contribution < -0.4 is 10.1 Å². The Morgan fingerprint density at radius 3 is 2.38 bits per heavy atom. The second kappa shape index (κ2) is 11.7. The van der Waals surface area contributed by atoms with Crippen LogP contribution in [0.4, 0.5) is 5.69 Å². The van der Waals surface area contributed by atoms with Crippen molar-refractivity contribution in [3.8, 4) is 17.1 Å². The standard InChI is InChI=1S/C31H42N4O4/c1-18(2)13-21-14-19(3)15-22(30(4,5)6)27(21)25(39-37)17-26-33-28(35-34-26)20-11-12-24(38-10)23(16-20)32-29(36)31(7,8)9/h11-16,25,37H,17H2,1-10H3,(H,32,36)(H,33,34,35). The van der Waals surface area contributed by atoms with E-state index in [-0.39, 0.29) is 17.7 Å². The van der Waals surface area contributed by atoms with E-state index in [1.807, 2.05) is 40.7 Å². The molecule has 3 N–H and O–H groups in total. The van der Waals surface area contributed by atoms with Gasteiger partial charge in [0.1, 0.15) is 17.7 Å². The Morgan fingerprint density at radius 1 is 1.13 bits per heavy atom. The average molecular weight is 535 g/mol. The molecule has 3 rings (SSSR count). The Hall–Kier alpha value is -3.49. The summed E-state index contributed by atoms with van der Waals surface area (Å²) >= 11 is 0. The number of benzene rings is 2. The van der Waals surface area contributed by atoms with Crippen LogP contribution in [0, 0.1) is 12.3 Å². The van der Waals surface area contributed by atoms with Crippen molar-refractivity contribution in [2.24, 2.45) is 5.41 Å². The van der Waals surface area contributed by atoms with Crippen molar-refractivity contribution in [3.05, 3.63) is 64.0 Å².